The minimum atomic E-state index is -1.29. The van der Waals surface area contributed by atoms with Gasteiger partial charge < -0.3 is 10.1 Å². The fraction of sp³-hybridized carbons (Fsp3) is 0.226. The van der Waals surface area contributed by atoms with Crippen LogP contribution in [0.5, 0.6) is 0 Å². The fourth-order valence-electron chi connectivity index (χ4n) is 4.05. The number of rotatable bonds is 10. The molecule has 1 unspecified atom stereocenters. The van der Waals surface area contributed by atoms with Gasteiger partial charge in [-0.2, -0.15) is 12.6 Å². The molecule has 1 amide bonds. The van der Waals surface area contributed by atoms with Crippen molar-refractivity contribution >= 4 is 42.2 Å². The van der Waals surface area contributed by atoms with Crippen LogP contribution < -0.4 is 5.32 Å². The summed E-state index contributed by atoms with van der Waals surface area (Å²) in [4.78, 5) is 23.6. The van der Waals surface area contributed by atoms with Gasteiger partial charge in [0.15, 0.2) is 5.60 Å². The van der Waals surface area contributed by atoms with E-state index in [0.717, 1.165) is 29.5 Å². The minimum absolute atomic E-state index is 0.250. The number of benzene rings is 3. The number of hydrogen-bond acceptors (Lipinski definition) is 4. The number of esters is 1. The van der Waals surface area contributed by atoms with Crippen LogP contribution in [0, 0.1) is 0 Å². The topological polar surface area (TPSA) is 55.4 Å². The number of amides is 1. The molecule has 37 heavy (non-hydrogen) atoms. The third kappa shape index (κ3) is 8.11. The molecule has 0 bridgehead atoms. The van der Waals surface area contributed by atoms with Crippen molar-refractivity contribution in [1.82, 2.24) is 5.32 Å². The van der Waals surface area contributed by atoms with E-state index in [0.29, 0.717) is 17.0 Å². The van der Waals surface area contributed by atoms with E-state index >= 15 is 0 Å². The first-order chi connectivity index (χ1) is 18.1. The van der Waals surface area contributed by atoms with Crippen molar-refractivity contribution in [3.05, 3.63) is 125 Å². The first-order valence-corrected chi connectivity index (χ1v) is 13.2. The van der Waals surface area contributed by atoms with Crippen molar-refractivity contribution in [1.29, 1.82) is 0 Å². The molecule has 3 rings (SSSR count). The maximum absolute atomic E-state index is 12.9. The largest absolute Gasteiger partial charge is 0.443 e. The quantitative estimate of drug-likeness (QED) is 0.0926. The molecule has 0 saturated carbocycles. The van der Waals surface area contributed by atoms with Gasteiger partial charge in [-0.15, -0.1) is 13.2 Å². The standard InChI is InChI=1S/C28H28ClNO3.C2H4.CH4S/c1-3-10-21(4-2)22-15-17-24(18-16-22)28(23-11-6-5-7-12-23,33-27(32)19-30-20-31)25-13-8-9-14-26(25)29;2*1-2/h4-9,11-18,20H,3,10,19H2,1-2H3,(H,30,31);1-2H2;2H,1H3/b21-4+;;. The average molecular weight is 538 g/mol. The monoisotopic (exact) mass is 537 g/mol. The second-order valence-electron chi connectivity index (χ2n) is 7.64. The Balaban J connectivity index is 0.00000163. The van der Waals surface area contributed by atoms with Gasteiger partial charge in [-0.05, 0) is 36.8 Å². The Kier molecular flexibility index (Phi) is 14.8. The van der Waals surface area contributed by atoms with E-state index in [2.05, 4.69) is 44.1 Å². The van der Waals surface area contributed by atoms with Crippen molar-refractivity contribution < 1.29 is 14.3 Å². The highest BCUT2D eigenvalue weighted by Gasteiger charge is 2.42. The van der Waals surface area contributed by atoms with Gasteiger partial charge in [-0.3, -0.25) is 9.59 Å². The zero-order valence-electron chi connectivity index (χ0n) is 21.7. The van der Waals surface area contributed by atoms with Crippen LogP contribution in [0.2, 0.25) is 5.02 Å². The van der Waals surface area contributed by atoms with Crippen molar-refractivity contribution in [3.8, 4) is 0 Å². The number of hydrogen-bond donors (Lipinski definition) is 2. The van der Waals surface area contributed by atoms with Crippen LogP contribution in [0.15, 0.2) is 98.1 Å². The molecule has 0 radical (unpaired) electrons. The van der Waals surface area contributed by atoms with Crippen LogP contribution in [0.3, 0.4) is 0 Å². The summed E-state index contributed by atoms with van der Waals surface area (Å²) in [5.74, 6) is -0.574. The molecule has 0 spiro atoms. The SMILES string of the molecule is C/C=C(\CCC)c1ccc(C(OC(=O)CNC=O)(c2ccccc2)c2ccccc2Cl)cc1.C=C.CS. The first-order valence-electron chi connectivity index (χ1n) is 12.0. The Morgan fingerprint density at radius 1 is 0.973 bits per heavy atom. The molecule has 0 aliphatic rings. The molecule has 0 heterocycles. The Morgan fingerprint density at radius 3 is 2.08 bits per heavy atom. The summed E-state index contributed by atoms with van der Waals surface area (Å²) in [5, 5.41) is 2.86. The second-order valence-corrected chi connectivity index (χ2v) is 8.05. The third-order valence-corrected chi connectivity index (χ3v) is 5.89. The molecular weight excluding hydrogens is 502 g/mol. The number of ether oxygens (including phenoxy) is 1. The number of carbonyl (C=O) groups excluding carboxylic acids is 2. The highest BCUT2D eigenvalue weighted by molar-refractivity contribution is 7.79. The van der Waals surface area contributed by atoms with Crippen molar-refractivity contribution in [3.63, 3.8) is 0 Å². The van der Waals surface area contributed by atoms with Gasteiger partial charge in [0.05, 0.1) is 0 Å². The predicted molar refractivity (Wildman–Crippen MR) is 159 cm³/mol. The van der Waals surface area contributed by atoms with E-state index in [4.69, 9.17) is 16.3 Å². The van der Waals surface area contributed by atoms with Crippen LogP contribution in [0.25, 0.3) is 5.57 Å². The Hall–Kier alpha value is -3.28. The molecule has 3 aromatic carbocycles. The predicted octanol–water partition coefficient (Wildman–Crippen LogP) is 7.47. The summed E-state index contributed by atoms with van der Waals surface area (Å²) < 4.78 is 6.19. The zero-order valence-corrected chi connectivity index (χ0v) is 23.4. The fourth-order valence-corrected chi connectivity index (χ4v) is 4.31. The lowest BCUT2D eigenvalue weighted by atomic mass is 9.79. The van der Waals surface area contributed by atoms with Gasteiger partial charge in [0, 0.05) is 21.7 Å². The van der Waals surface area contributed by atoms with Gasteiger partial charge in [0.1, 0.15) is 6.54 Å². The summed E-state index contributed by atoms with van der Waals surface area (Å²) in [7, 11) is 0. The summed E-state index contributed by atoms with van der Waals surface area (Å²) in [6.07, 6.45) is 6.33. The van der Waals surface area contributed by atoms with E-state index in [-0.39, 0.29) is 6.54 Å². The van der Waals surface area contributed by atoms with Gasteiger partial charge >= 0.3 is 5.97 Å². The van der Waals surface area contributed by atoms with Crippen LogP contribution in [0.1, 0.15) is 48.9 Å². The lowest BCUT2D eigenvalue weighted by Crippen LogP contribution is -2.38. The van der Waals surface area contributed by atoms with E-state index in [9.17, 15) is 9.59 Å². The molecule has 0 aliphatic carbocycles. The Bertz CT molecular complexity index is 1130. The zero-order chi connectivity index (χ0) is 27.7. The number of thiol groups is 1. The molecule has 4 nitrogen and oxygen atoms in total. The number of halogens is 1. The molecule has 0 aliphatic heterocycles. The van der Waals surface area contributed by atoms with Crippen LogP contribution >= 0.6 is 24.2 Å². The van der Waals surface area contributed by atoms with E-state index in [1.807, 2.05) is 79.7 Å². The summed E-state index contributed by atoms with van der Waals surface area (Å²) in [5.41, 5.74) is 3.25. The minimum Gasteiger partial charge on any atom is -0.443 e. The summed E-state index contributed by atoms with van der Waals surface area (Å²) in [6.45, 7) is 9.95. The number of carbonyl (C=O) groups is 2. The maximum atomic E-state index is 12.9. The normalized spacial score (nSPS) is 12.0. The lowest BCUT2D eigenvalue weighted by molar-refractivity contribution is -0.152. The van der Waals surface area contributed by atoms with Crippen molar-refractivity contribution in [2.75, 3.05) is 12.8 Å². The van der Waals surface area contributed by atoms with Gasteiger partial charge in [0.2, 0.25) is 6.41 Å². The molecule has 196 valence electrons. The van der Waals surface area contributed by atoms with Crippen LogP contribution in [0.4, 0.5) is 0 Å². The van der Waals surface area contributed by atoms with Gasteiger partial charge in [0.25, 0.3) is 0 Å². The maximum Gasteiger partial charge on any atom is 0.326 e. The molecule has 0 fully saturated rings. The molecule has 0 saturated heterocycles. The summed E-state index contributed by atoms with van der Waals surface area (Å²) in [6, 6.07) is 24.9. The smallest absolute Gasteiger partial charge is 0.326 e. The number of allylic oxidation sites excluding steroid dienone is 2. The highest BCUT2D eigenvalue weighted by atomic mass is 35.5. The van der Waals surface area contributed by atoms with Gasteiger partial charge in [-0.1, -0.05) is 104 Å². The number of nitrogens with one attached hydrogen (secondary N) is 1. The van der Waals surface area contributed by atoms with E-state index in [1.165, 1.54) is 5.57 Å². The highest BCUT2D eigenvalue weighted by Crippen LogP contribution is 2.43. The molecular formula is C31H36ClNO3S. The van der Waals surface area contributed by atoms with Gasteiger partial charge in [-0.25, -0.2) is 0 Å². The molecule has 1 N–H and O–H groups in total. The molecule has 3 aromatic rings. The first kappa shape index (κ1) is 31.7. The average Bonchev–Trinajstić information content (AvgIpc) is 2.96. The van der Waals surface area contributed by atoms with Crippen molar-refractivity contribution in [2.45, 2.75) is 32.3 Å². The molecule has 0 aromatic heterocycles. The van der Waals surface area contributed by atoms with Crippen molar-refractivity contribution in [2.24, 2.45) is 0 Å². The molecule has 1 atom stereocenters. The second kappa shape index (κ2) is 17.2. The van der Waals surface area contributed by atoms with Crippen LogP contribution in [-0.2, 0) is 19.9 Å². The van der Waals surface area contributed by atoms with Crippen LogP contribution in [-0.4, -0.2) is 25.2 Å². The Morgan fingerprint density at radius 2 is 1.54 bits per heavy atom. The van der Waals surface area contributed by atoms with E-state index in [1.54, 1.807) is 12.3 Å². The summed E-state index contributed by atoms with van der Waals surface area (Å²) >= 11 is 10.2. The lowest BCUT2D eigenvalue weighted by Gasteiger charge is -2.36. The Labute approximate surface area is 231 Å². The third-order valence-electron chi connectivity index (χ3n) is 5.56. The molecule has 6 heteroatoms. The van der Waals surface area contributed by atoms with E-state index < -0.39 is 11.6 Å².